The number of fused-ring (bicyclic) bond motifs is 3. The lowest BCUT2D eigenvalue weighted by Crippen LogP contribution is -2.60. The molecule has 1 aliphatic rings. The largest absolute Gasteiger partial charge is 0.481 e. The minimum absolute atomic E-state index is 0.0765. The van der Waals surface area contributed by atoms with E-state index in [0.717, 1.165) is 22.3 Å². The Balaban J connectivity index is 1.64. The second-order valence-corrected chi connectivity index (χ2v) is 9.48. The van der Waals surface area contributed by atoms with Gasteiger partial charge in [0.15, 0.2) is 0 Å². The summed E-state index contributed by atoms with van der Waals surface area (Å²) in [6, 6.07) is 15.3. The molecule has 7 heteroatoms. The van der Waals surface area contributed by atoms with Gasteiger partial charge in [0.05, 0.1) is 11.0 Å². The Morgan fingerprint density at radius 3 is 1.97 bits per heavy atom. The van der Waals surface area contributed by atoms with Crippen LogP contribution in [0.2, 0.25) is 0 Å². The average molecular weight is 453 g/mol. The van der Waals surface area contributed by atoms with Gasteiger partial charge in [0, 0.05) is 5.92 Å². The summed E-state index contributed by atoms with van der Waals surface area (Å²) in [7, 11) is 0. The molecule has 0 heterocycles. The van der Waals surface area contributed by atoms with Crippen LogP contribution in [0.3, 0.4) is 0 Å². The number of amides is 2. The second-order valence-electron chi connectivity index (χ2n) is 9.48. The topological polar surface area (TPSA) is 105 Å². The van der Waals surface area contributed by atoms with Crippen molar-refractivity contribution in [2.45, 2.75) is 58.5 Å². The van der Waals surface area contributed by atoms with Crippen molar-refractivity contribution in [2.24, 2.45) is 5.41 Å². The van der Waals surface area contributed by atoms with Crippen LogP contribution >= 0.6 is 0 Å². The molecule has 2 aromatic carbocycles. The molecule has 176 valence electrons. The zero-order chi connectivity index (χ0) is 24.4. The quantitative estimate of drug-likeness (QED) is 0.554. The summed E-state index contributed by atoms with van der Waals surface area (Å²) in [6.45, 7) is 8.32. The molecule has 0 aliphatic heterocycles. The molecule has 0 spiro atoms. The van der Waals surface area contributed by atoms with E-state index in [4.69, 9.17) is 4.74 Å². The molecule has 2 amide bonds. The van der Waals surface area contributed by atoms with E-state index in [1.54, 1.807) is 34.6 Å². The Kier molecular flexibility index (Phi) is 6.81. The predicted molar refractivity (Wildman–Crippen MR) is 126 cm³/mol. The first-order chi connectivity index (χ1) is 15.5. The van der Waals surface area contributed by atoms with Crippen LogP contribution < -0.4 is 10.6 Å². The number of rotatable bonds is 8. The average Bonchev–Trinajstić information content (AvgIpc) is 3.09. The highest BCUT2D eigenvalue weighted by atomic mass is 16.5. The van der Waals surface area contributed by atoms with Crippen LogP contribution in [0.15, 0.2) is 48.5 Å². The van der Waals surface area contributed by atoms with Gasteiger partial charge < -0.3 is 20.5 Å². The van der Waals surface area contributed by atoms with Crippen LogP contribution in [0.25, 0.3) is 11.1 Å². The maximum Gasteiger partial charge on any atom is 0.407 e. The van der Waals surface area contributed by atoms with Gasteiger partial charge in [-0.25, -0.2) is 4.79 Å². The third kappa shape index (κ3) is 4.72. The number of ether oxygens (including phenoxy) is 1. The molecule has 3 rings (SSSR count). The summed E-state index contributed by atoms with van der Waals surface area (Å²) in [5.74, 6) is -1.55. The van der Waals surface area contributed by atoms with Crippen LogP contribution in [0.4, 0.5) is 4.79 Å². The van der Waals surface area contributed by atoms with E-state index in [2.05, 4.69) is 22.8 Å². The third-order valence-corrected chi connectivity index (χ3v) is 6.89. The number of alkyl carbamates (subject to hydrolysis) is 1. The van der Waals surface area contributed by atoms with Crippen molar-refractivity contribution < 1.29 is 24.2 Å². The van der Waals surface area contributed by atoms with Crippen LogP contribution in [-0.4, -0.2) is 41.3 Å². The van der Waals surface area contributed by atoms with Crippen molar-refractivity contribution in [1.82, 2.24) is 10.6 Å². The van der Waals surface area contributed by atoms with E-state index in [0.29, 0.717) is 6.42 Å². The van der Waals surface area contributed by atoms with Gasteiger partial charge in [0.2, 0.25) is 5.91 Å². The predicted octanol–water partition coefficient (Wildman–Crippen LogP) is 4.31. The van der Waals surface area contributed by atoms with Gasteiger partial charge in [-0.2, -0.15) is 0 Å². The smallest absolute Gasteiger partial charge is 0.407 e. The number of carboxylic acids is 1. The van der Waals surface area contributed by atoms with Crippen molar-refractivity contribution in [1.29, 1.82) is 0 Å². The molecule has 0 saturated carbocycles. The summed E-state index contributed by atoms with van der Waals surface area (Å²) in [5, 5.41) is 14.9. The van der Waals surface area contributed by atoms with Gasteiger partial charge in [0.1, 0.15) is 12.6 Å². The highest BCUT2D eigenvalue weighted by Crippen LogP contribution is 2.44. The number of benzene rings is 2. The Labute approximate surface area is 194 Å². The van der Waals surface area contributed by atoms with Crippen LogP contribution in [0.5, 0.6) is 0 Å². The summed E-state index contributed by atoms with van der Waals surface area (Å²) >= 11 is 0. The number of carbonyl (C=O) groups excluding carboxylic acids is 2. The van der Waals surface area contributed by atoms with Crippen molar-refractivity contribution in [2.75, 3.05) is 6.61 Å². The van der Waals surface area contributed by atoms with E-state index in [1.807, 2.05) is 36.4 Å². The Morgan fingerprint density at radius 1 is 0.970 bits per heavy atom. The van der Waals surface area contributed by atoms with Gasteiger partial charge in [-0.05, 0) is 56.4 Å². The summed E-state index contributed by atoms with van der Waals surface area (Å²) < 4.78 is 5.53. The lowest BCUT2D eigenvalue weighted by Gasteiger charge is -2.39. The lowest BCUT2D eigenvalue weighted by atomic mass is 9.74. The highest BCUT2D eigenvalue weighted by molar-refractivity contribution is 5.87. The first kappa shape index (κ1) is 24.3. The summed E-state index contributed by atoms with van der Waals surface area (Å²) in [4.78, 5) is 37.0. The van der Waals surface area contributed by atoms with E-state index in [1.165, 1.54) is 0 Å². The fourth-order valence-electron chi connectivity index (χ4n) is 3.95. The molecule has 1 atom stereocenters. The molecule has 0 aromatic heterocycles. The van der Waals surface area contributed by atoms with Crippen molar-refractivity contribution in [3.8, 4) is 11.1 Å². The highest BCUT2D eigenvalue weighted by Gasteiger charge is 2.45. The van der Waals surface area contributed by atoms with Gasteiger partial charge in [-0.15, -0.1) is 0 Å². The molecule has 1 unspecified atom stereocenters. The first-order valence-corrected chi connectivity index (χ1v) is 11.2. The number of carbonyl (C=O) groups is 3. The maximum absolute atomic E-state index is 12.8. The molecular weight excluding hydrogens is 420 g/mol. The molecule has 0 bridgehead atoms. The van der Waals surface area contributed by atoms with Gasteiger partial charge in [-0.1, -0.05) is 55.5 Å². The van der Waals surface area contributed by atoms with E-state index in [9.17, 15) is 19.5 Å². The molecule has 1 aliphatic carbocycles. The number of aliphatic carboxylic acids is 1. The summed E-state index contributed by atoms with van der Waals surface area (Å²) in [5.41, 5.74) is 2.24. The van der Waals surface area contributed by atoms with Gasteiger partial charge in [-0.3, -0.25) is 9.59 Å². The minimum Gasteiger partial charge on any atom is -0.481 e. The van der Waals surface area contributed by atoms with Gasteiger partial charge >= 0.3 is 12.1 Å². The fraction of sp³-hybridized carbons (Fsp3) is 0.423. The SMILES string of the molecule is CCC(NC(=O)OCC1c2ccccc2-c2ccccc21)C(=O)NC(C)(C)C(C)(C)C(=O)O. The van der Waals surface area contributed by atoms with Gasteiger partial charge in [0.25, 0.3) is 0 Å². The van der Waals surface area contributed by atoms with E-state index >= 15 is 0 Å². The Hall–Kier alpha value is -3.35. The van der Waals surface area contributed by atoms with Crippen LogP contribution in [0, 0.1) is 5.41 Å². The molecule has 2 aromatic rings. The first-order valence-electron chi connectivity index (χ1n) is 11.2. The van der Waals surface area contributed by atoms with E-state index in [-0.39, 0.29) is 12.5 Å². The number of nitrogens with one attached hydrogen (secondary N) is 2. The molecule has 0 radical (unpaired) electrons. The Bertz CT molecular complexity index is 1010. The van der Waals surface area contributed by atoms with E-state index < -0.39 is 35.0 Å². The number of hydrogen-bond donors (Lipinski definition) is 3. The molecule has 0 saturated heterocycles. The molecule has 3 N–H and O–H groups in total. The standard InChI is InChI=1S/C26H32N2O5/c1-6-21(22(29)28-26(4,5)25(2,3)23(30)31)27-24(32)33-15-20-18-13-9-7-11-16(18)17-12-8-10-14-19(17)20/h7-14,20-21H,6,15H2,1-5H3,(H,27,32)(H,28,29)(H,30,31). The minimum atomic E-state index is -1.20. The summed E-state index contributed by atoms with van der Waals surface area (Å²) in [6.07, 6.45) is -0.353. The zero-order valence-electron chi connectivity index (χ0n) is 19.8. The normalized spacial score (nSPS) is 14.1. The molecule has 33 heavy (non-hydrogen) atoms. The Morgan fingerprint density at radius 2 is 1.48 bits per heavy atom. The van der Waals surface area contributed by atoms with Crippen molar-refractivity contribution in [3.05, 3.63) is 59.7 Å². The lowest BCUT2D eigenvalue weighted by molar-refractivity contribution is -0.152. The van der Waals surface area contributed by atoms with Crippen molar-refractivity contribution in [3.63, 3.8) is 0 Å². The molecule has 7 nitrogen and oxygen atoms in total. The number of carboxylic acid groups (broad SMARTS) is 1. The van der Waals surface area contributed by atoms with Crippen LogP contribution in [-0.2, 0) is 14.3 Å². The fourth-order valence-corrected chi connectivity index (χ4v) is 3.95. The second kappa shape index (κ2) is 9.25. The third-order valence-electron chi connectivity index (χ3n) is 6.89. The zero-order valence-corrected chi connectivity index (χ0v) is 19.8. The maximum atomic E-state index is 12.8. The number of hydrogen-bond acceptors (Lipinski definition) is 4. The van der Waals surface area contributed by atoms with Crippen molar-refractivity contribution >= 4 is 18.0 Å². The molecule has 0 fully saturated rings. The monoisotopic (exact) mass is 452 g/mol. The molecular formula is C26H32N2O5. The van der Waals surface area contributed by atoms with Crippen LogP contribution in [0.1, 0.15) is 58.1 Å².